The summed E-state index contributed by atoms with van der Waals surface area (Å²) in [6.45, 7) is 2.15. The van der Waals surface area contributed by atoms with Crippen molar-refractivity contribution >= 4 is 49.5 Å². The van der Waals surface area contributed by atoms with Crippen molar-refractivity contribution in [2.75, 3.05) is 29.0 Å². The largest absolute Gasteiger partial charge is 0.478 e. The summed E-state index contributed by atoms with van der Waals surface area (Å²) < 4.78 is 36.6. The van der Waals surface area contributed by atoms with Gasteiger partial charge in [0.25, 0.3) is 10.0 Å². The van der Waals surface area contributed by atoms with Crippen LogP contribution in [0.15, 0.2) is 114 Å². The van der Waals surface area contributed by atoms with E-state index in [1.165, 1.54) is 5.56 Å². The van der Waals surface area contributed by atoms with Crippen LogP contribution >= 0.6 is 0 Å². The van der Waals surface area contributed by atoms with Gasteiger partial charge in [-0.3, -0.25) is 4.72 Å². The summed E-state index contributed by atoms with van der Waals surface area (Å²) in [6, 6.07) is 32.8. The smallest absolute Gasteiger partial charge is 0.345 e. The molecule has 8 nitrogen and oxygen atoms in total. The number of ether oxygens (including phenoxy) is 1. The fraction of sp³-hybridized carbons (Fsp3) is 0.216. The number of fused-ring (bicyclic) bond motifs is 1. The van der Waals surface area contributed by atoms with Crippen LogP contribution < -0.4 is 19.7 Å². The van der Waals surface area contributed by atoms with Crippen LogP contribution in [0.2, 0.25) is 0 Å². The molecule has 0 spiro atoms. The second kappa shape index (κ2) is 14.4. The average Bonchev–Trinajstić information content (AvgIpc) is 3.05. The van der Waals surface area contributed by atoms with E-state index >= 15 is 0 Å². The highest BCUT2D eigenvalue weighted by Gasteiger charge is 2.23. The maximum atomic E-state index is 13.9. The third-order valence-corrected chi connectivity index (χ3v) is 9.16. The first-order valence-electron chi connectivity index (χ1n) is 15.3. The van der Waals surface area contributed by atoms with Gasteiger partial charge in [0.2, 0.25) is 0 Å². The Labute approximate surface area is 270 Å². The van der Waals surface area contributed by atoms with Crippen LogP contribution in [0.5, 0.6) is 5.75 Å². The molecule has 0 bridgehead atoms. The van der Waals surface area contributed by atoms with E-state index in [0.717, 1.165) is 41.6 Å². The lowest BCUT2D eigenvalue weighted by molar-refractivity contribution is -0.145. The Bertz CT molecular complexity index is 1910. The Morgan fingerprint density at radius 1 is 0.826 bits per heavy atom. The minimum absolute atomic E-state index is 0.147. The maximum absolute atomic E-state index is 13.9. The van der Waals surface area contributed by atoms with Crippen LogP contribution in [-0.4, -0.2) is 39.7 Å². The van der Waals surface area contributed by atoms with Crippen molar-refractivity contribution in [2.45, 2.75) is 43.6 Å². The summed E-state index contributed by atoms with van der Waals surface area (Å²) in [5.74, 6) is -0.812. The number of carboxylic acid groups (broad SMARTS) is 1. The maximum Gasteiger partial charge on any atom is 0.345 e. The van der Waals surface area contributed by atoms with E-state index in [9.17, 15) is 18.3 Å². The van der Waals surface area contributed by atoms with Gasteiger partial charge in [0.15, 0.2) is 6.10 Å². The molecule has 0 aliphatic rings. The molecule has 5 rings (SSSR count). The number of rotatable bonds is 14. The van der Waals surface area contributed by atoms with Crippen LogP contribution in [0.3, 0.4) is 0 Å². The van der Waals surface area contributed by atoms with Gasteiger partial charge in [-0.1, -0.05) is 80.1 Å². The number of nitrogens with one attached hydrogen (secondary N) is 2. The van der Waals surface area contributed by atoms with E-state index in [1.807, 2.05) is 91.8 Å². The summed E-state index contributed by atoms with van der Waals surface area (Å²) in [5.41, 5.74) is 4.40. The van der Waals surface area contributed by atoms with Crippen LogP contribution in [-0.2, 0) is 27.7 Å². The molecule has 46 heavy (non-hydrogen) atoms. The lowest BCUT2D eigenvalue weighted by Crippen LogP contribution is -2.29. The molecule has 0 radical (unpaired) electrons. The number of aryl methyl sites for hydroxylation is 1. The lowest BCUT2D eigenvalue weighted by atomic mass is 10.1. The van der Waals surface area contributed by atoms with Crippen molar-refractivity contribution < 1.29 is 23.1 Å². The Hall–Kier alpha value is -5.02. The van der Waals surface area contributed by atoms with Gasteiger partial charge in [-0.05, 0) is 60.4 Å². The highest BCUT2D eigenvalue weighted by molar-refractivity contribution is 7.93. The first-order chi connectivity index (χ1) is 22.1. The molecule has 1 unspecified atom stereocenters. The van der Waals surface area contributed by atoms with Gasteiger partial charge < -0.3 is 20.1 Å². The van der Waals surface area contributed by atoms with E-state index in [4.69, 9.17) is 4.74 Å². The molecule has 3 N–H and O–H groups in total. The van der Waals surface area contributed by atoms with Crippen LogP contribution in [0.1, 0.15) is 30.9 Å². The zero-order chi connectivity index (χ0) is 32.7. The molecule has 5 aromatic rings. The molecule has 0 amide bonds. The van der Waals surface area contributed by atoms with E-state index in [-0.39, 0.29) is 22.8 Å². The van der Waals surface area contributed by atoms with Gasteiger partial charge in [-0.15, -0.1) is 0 Å². The summed E-state index contributed by atoms with van der Waals surface area (Å²) >= 11 is 0. The number of sulfonamides is 1. The number of hydrogen-bond acceptors (Lipinski definition) is 6. The van der Waals surface area contributed by atoms with E-state index in [0.29, 0.717) is 11.1 Å². The van der Waals surface area contributed by atoms with E-state index in [2.05, 4.69) is 17.0 Å². The number of aliphatic carboxylic acids is 1. The standard InChI is InChI=1S/C37H39N3O5S/c1-4-5-11-26-18-20-28(21-19-26)38-33-25-29(45-35(37(41)42)24-27-12-7-6-8-13-27)22-23-32(33)39-46(43,44)36-17-10-14-30-31(36)15-9-16-34(30)40(2)3/h6-10,12-23,25,35,38-39H,4-5,11,24H2,1-3H3,(H,41,42). The van der Waals surface area contributed by atoms with Crippen molar-refractivity contribution in [3.8, 4) is 5.75 Å². The number of anilines is 4. The average molecular weight is 638 g/mol. The zero-order valence-corrected chi connectivity index (χ0v) is 27.1. The van der Waals surface area contributed by atoms with Gasteiger partial charge in [-0.25, -0.2) is 13.2 Å². The third-order valence-electron chi connectivity index (χ3n) is 7.74. The third kappa shape index (κ3) is 7.79. The Kier molecular flexibility index (Phi) is 10.1. The van der Waals surface area contributed by atoms with Gasteiger partial charge in [-0.2, -0.15) is 0 Å². The summed E-state index contributed by atoms with van der Waals surface area (Å²) in [4.78, 5) is 14.2. The summed E-state index contributed by atoms with van der Waals surface area (Å²) in [6.07, 6.45) is 2.20. The minimum Gasteiger partial charge on any atom is -0.478 e. The van der Waals surface area contributed by atoms with Gasteiger partial charge in [0, 0.05) is 48.7 Å². The van der Waals surface area contributed by atoms with Crippen molar-refractivity contribution in [2.24, 2.45) is 0 Å². The predicted molar refractivity (Wildman–Crippen MR) is 186 cm³/mol. The predicted octanol–water partition coefficient (Wildman–Crippen LogP) is 7.87. The van der Waals surface area contributed by atoms with Crippen LogP contribution in [0, 0.1) is 0 Å². The molecule has 0 saturated heterocycles. The molecule has 0 aliphatic carbocycles. The molecular weight excluding hydrogens is 598 g/mol. The number of nitrogens with zero attached hydrogens (tertiary/aromatic N) is 1. The quantitative estimate of drug-likeness (QED) is 0.114. The van der Waals surface area contributed by atoms with Gasteiger partial charge in [0.1, 0.15) is 5.75 Å². The second-order valence-corrected chi connectivity index (χ2v) is 13.0. The molecule has 0 heterocycles. The zero-order valence-electron chi connectivity index (χ0n) is 26.2. The highest BCUT2D eigenvalue weighted by Crippen LogP contribution is 2.35. The highest BCUT2D eigenvalue weighted by atomic mass is 32.2. The Morgan fingerprint density at radius 3 is 2.24 bits per heavy atom. The first-order valence-corrected chi connectivity index (χ1v) is 16.8. The van der Waals surface area contributed by atoms with Crippen LogP contribution in [0.25, 0.3) is 10.8 Å². The number of carbonyl (C=O) groups is 1. The second-order valence-electron chi connectivity index (χ2n) is 11.4. The fourth-order valence-electron chi connectivity index (χ4n) is 5.34. The first kappa shape index (κ1) is 32.4. The molecule has 0 aliphatic heterocycles. The summed E-state index contributed by atoms with van der Waals surface area (Å²) in [5, 5.41) is 14.7. The molecule has 0 aromatic heterocycles. The van der Waals surface area contributed by atoms with Crippen molar-refractivity contribution in [1.29, 1.82) is 0 Å². The van der Waals surface area contributed by atoms with Crippen molar-refractivity contribution in [3.05, 3.63) is 120 Å². The van der Waals surface area contributed by atoms with E-state index < -0.39 is 22.1 Å². The fourth-order valence-corrected chi connectivity index (χ4v) is 6.64. The van der Waals surface area contributed by atoms with Gasteiger partial charge >= 0.3 is 5.97 Å². The van der Waals surface area contributed by atoms with E-state index in [1.54, 1.807) is 36.4 Å². The number of hydrogen-bond donors (Lipinski definition) is 3. The van der Waals surface area contributed by atoms with Gasteiger partial charge in [0.05, 0.1) is 16.3 Å². The molecule has 0 saturated carbocycles. The number of unbranched alkanes of at least 4 members (excludes halogenated alkanes) is 1. The molecule has 5 aromatic carbocycles. The van der Waals surface area contributed by atoms with Crippen molar-refractivity contribution in [1.82, 2.24) is 0 Å². The number of benzene rings is 5. The monoisotopic (exact) mass is 637 g/mol. The molecule has 0 fully saturated rings. The van der Waals surface area contributed by atoms with Crippen molar-refractivity contribution in [3.63, 3.8) is 0 Å². The topological polar surface area (TPSA) is 108 Å². The van der Waals surface area contributed by atoms with Crippen LogP contribution in [0.4, 0.5) is 22.7 Å². The SMILES string of the molecule is CCCCc1ccc(Nc2cc(OC(Cc3ccccc3)C(=O)O)ccc2NS(=O)(=O)c2cccc3c(N(C)C)cccc23)cc1. The Morgan fingerprint density at radius 2 is 1.54 bits per heavy atom. The normalized spacial score (nSPS) is 12.0. The molecule has 238 valence electrons. The number of carboxylic acids is 1. The minimum atomic E-state index is -4.05. The molecule has 1 atom stereocenters. The summed E-state index contributed by atoms with van der Waals surface area (Å²) in [7, 11) is -0.213. The molecular formula is C37H39N3O5S. The molecule has 9 heteroatoms. The lowest BCUT2D eigenvalue weighted by Gasteiger charge is -2.20. The Balaban J connectivity index is 1.50.